The Labute approximate surface area is 91.9 Å². The zero-order chi connectivity index (χ0) is 11.0. The molecule has 0 aliphatic carbocycles. The number of hydrogen-bond acceptors (Lipinski definition) is 3. The number of rotatable bonds is 2. The van der Waals surface area contributed by atoms with Crippen molar-refractivity contribution in [3.05, 3.63) is 35.9 Å². The fourth-order valence-corrected chi connectivity index (χ4v) is 1.67. The number of H-pyrrole nitrogens is 1. The molecular weight excluding hydrogens is 207 g/mol. The van der Waals surface area contributed by atoms with Crippen LogP contribution in [-0.4, -0.2) is 28.3 Å². The molecule has 2 aromatic rings. The lowest BCUT2D eigenvalue weighted by atomic mass is 10.0. The Morgan fingerprint density at radius 1 is 1.19 bits per heavy atom. The molecule has 1 aromatic heterocycles. The SMILES string of the molecule is Fc1ccc(-c2n[nH]c(C3CNC3)n2)cc1. The molecule has 0 spiro atoms. The van der Waals surface area contributed by atoms with Gasteiger partial charge in [-0.25, -0.2) is 9.37 Å². The summed E-state index contributed by atoms with van der Waals surface area (Å²) in [6.07, 6.45) is 0. The van der Waals surface area contributed by atoms with Crippen molar-refractivity contribution in [2.75, 3.05) is 13.1 Å². The molecule has 1 aliphatic rings. The average molecular weight is 218 g/mol. The molecule has 0 saturated carbocycles. The van der Waals surface area contributed by atoms with E-state index in [1.54, 1.807) is 12.1 Å². The molecule has 2 heterocycles. The van der Waals surface area contributed by atoms with Gasteiger partial charge >= 0.3 is 0 Å². The lowest BCUT2D eigenvalue weighted by Gasteiger charge is -2.24. The Kier molecular flexibility index (Phi) is 2.18. The van der Waals surface area contributed by atoms with Crippen LogP contribution in [0.25, 0.3) is 11.4 Å². The number of hydrogen-bond donors (Lipinski definition) is 2. The van der Waals surface area contributed by atoms with Gasteiger partial charge in [0.2, 0.25) is 0 Å². The molecule has 3 rings (SSSR count). The Balaban J connectivity index is 1.88. The van der Waals surface area contributed by atoms with Crippen molar-refractivity contribution in [3.8, 4) is 11.4 Å². The molecular formula is C11H11FN4. The molecule has 0 bridgehead atoms. The van der Waals surface area contributed by atoms with Crippen LogP contribution in [-0.2, 0) is 0 Å². The Morgan fingerprint density at radius 3 is 2.56 bits per heavy atom. The van der Waals surface area contributed by atoms with Gasteiger partial charge in [0, 0.05) is 24.6 Å². The lowest BCUT2D eigenvalue weighted by molar-refractivity contribution is 0.431. The van der Waals surface area contributed by atoms with Gasteiger partial charge in [-0.05, 0) is 24.3 Å². The smallest absolute Gasteiger partial charge is 0.181 e. The summed E-state index contributed by atoms with van der Waals surface area (Å²) in [6, 6.07) is 6.19. The topological polar surface area (TPSA) is 53.6 Å². The van der Waals surface area contributed by atoms with Gasteiger partial charge in [0.25, 0.3) is 0 Å². The highest BCUT2D eigenvalue weighted by Crippen LogP contribution is 2.20. The molecule has 5 heteroatoms. The first-order valence-electron chi connectivity index (χ1n) is 5.22. The minimum atomic E-state index is -0.247. The van der Waals surface area contributed by atoms with E-state index >= 15 is 0 Å². The van der Waals surface area contributed by atoms with Gasteiger partial charge in [-0.15, -0.1) is 0 Å². The third-order valence-corrected chi connectivity index (χ3v) is 2.77. The van der Waals surface area contributed by atoms with E-state index in [9.17, 15) is 4.39 Å². The summed E-state index contributed by atoms with van der Waals surface area (Å²) < 4.78 is 12.7. The molecule has 0 unspecified atom stereocenters. The normalized spacial score (nSPS) is 16.1. The fraction of sp³-hybridized carbons (Fsp3) is 0.273. The lowest BCUT2D eigenvalue weighted by Crippen LogP contribution is -2.40. The highest BCUT2D eigenvalue weighted by atomic mass is 19.1. The van der Waals surface area contributed by atoms with Gasteiger partial charge in [-0.1, -0.05) is 0 Å². The first kappa shape index (κ1) is 9.47. The Hall–Kier alpha value is -1.75. The van der Waals surface area contributed by atoms with E-state index < -0.39 is 0 Å². The summed E-state index contributed by atoms with van der Waals surface area (Å²) in [5.74, 6) is 1.71. The van der Waals surface area contributed by atoms with Gasteiger partial charge in [0.05, 0.1) is 0 Å². The second kappa shape index (κ2) is 3.68. The van der Waals surface area contributed by atoms with Crippen LogP contribution >= 0.6 is 0 Å². The van der Waals surface area contributed by atoms with Gasteiger partial charge in [0.15, 0.2) is 5.82 Å². The van der Waals surface area contributed by atoms with Crippen molar-refractivity contribution in [3.63, 3.8) is 0 Å². The molecule has 0 amide bonds. The maximum absolute atomic E-state index is 12.7. The van der Waals surface area contributed by atoms with Crippen LogP contribution in [0.5, 0.6) is 0 Å². The molecule has 0 radical (unpaired) electrons. The summed E-state index contributed by atoms with van der Waals surface area (Å²) >= 11 is 0. The average Bonchev–Trinajstić information content (AvgIpc) is 2.65. The minimum Gasteiger partial charge on any atom is -0.315 e. The Morgan fingerprint density at radius 2 is 1.94 bits per heavy atom. The molecule has 1 saturated heterocycles. The second-order valence-corrected chi connectivity index (χ2v) is 3.91. The molecule has 1 fully saturated rings. The van der Waals surface area contributed by atoms with Crippen molar-refractivity contribution in [2.24, 2.45) is 0 Å². The minimum absolute atomic E-state index is 0.247. The maximum atomic E-state index is 12.7. The van der Waals surface area contributed by atoms with Crippen LogP contribution in [0.3, 0.4) is 0 Å². The fourth-order valence-electron chi connectivity index (χ4n) is 1.67. The van der Waals surface area contributed by atoms with Crippen LogP contribution < -0.4 is 5.32 Å². The van der Waals surface area contributed by atoms with Crippen molar-refractivity contribution in [2.45, 2.75) is 5.92 Å². The standard InChI is InChI=1S/C11H11FN4/c12-9-3-1-7(2-4-9)10-14-11(16-15-10)8-5-13-6-8/h1-4,8,13H,5-6H2,(H,14,15,16). The monoisotopic (exact) mass is 218 g/mol. The predicted molar refractivity (Wildman–Crippen MR) is 57.4 cm³/mol. The molecule has 2 N–H and O–H groups in total. The molecule has 4 nitrogen and oxygen atoms in total. The summed E-state index contributed by atoms with van der Waals surface area (Å²) in [7, 11) is 0. The summed E-state index contributed by atoms with van der Waals surface area (Å²) in [5, 5.41) is 10.2. The van der Waals surface area contributed by atoms with Crippen molar-refractivity contribution in [1.82, 2.24) is 20.5 Å². The van der Waals surface area contributed by atoms with E-state index in [0.29, 0.717) is 11.7 Å². The van der Waals surface area contributed by atoms with Crippen LogP contribution in [0.1, 0.15) is 11.7 Å². The molecule has 0 atom stereocenters. The largest absolute Gasteiger partial charge is 0.315 e. The van der Waals surface area contributed by atoms with Crippen molar-refractivity contribution >= 4 is 0 Å². The van der Waals surface area contributed by atoms with Crippen LogP contribution in [0.15, 0.2) is 24.3 Å². The number of nitrogens with zero attached hydrogens (tertiary/aromatic N) is 2. The molecule has 16 heavy (non-hydrogen) atoms. The first-order chi connectivity index (χ1) is 7.83. The van der Waals surface area contributed by atoms with E-state index in [0.717, 1.165) is 24.5 Å². The van der Waals surface area contributed by atoms with E-state index in [1.807, 2.05) is 0 Å². The maximum Gasteiger partial charge on any atom is 0.181 e. The van der Waals surface area contributed by atoms with Gasteiger partial charge < -0.3 is 5.32 Å². The van der Waals surface area contributed by atoms with E-state index in [4.69, 9.17) is 0 Å². The Bertz CT molecular complexity index is 487. The van der Waals surface area contributed by atoms with E-state index in [2.05, 4.69) is 20.5 Å². The zero-order valence-corrected chi connectivity index (χ0v) is 8.57. The third-order valence-electron chi connectivity index (χ3n) is 2.77. The van der Waals surface area contributed by atoms with Crippen molar-refractivity contribution < 1.29 is 4.39 Å². The number of benzene rings is 1. The second-order valence-electron chi connectivity index (χ2n) is 3.91. The van der Waals surface area contributed by atoms with Gasteiger partial charge in [-0.2, -0.15) is 5.10 Å². The zero-order valence-electron chi connectivity index (χ0n) is 8.57. The first-order valence-corrected chi connectivity index (χ1v) is 5.22. The molecule has 1 aromatic carbocycles. The number of nitrogens with one attached hydrogen (secondary N) is 2. The molecule has 1 aliphatic heterocycles. The van der Waals surface area contributed by atoms with Gasteiger partial charge in [0.1, 0.15) is 11.6 Å². The van der Waals surface area contributed by atoms with Crippen molar-refractivity contribution in [1.29, 1.82) is 0 Å². The van der Waals surface area contributed by atoms with Crippen LogP contribution in [0.4, 0.5) is 4.39 Å². The van der Waals surface area contributed by atoms with E-state index in [-0.39, 0.29) is 5.82 Å². The van der Waals surface area contributed by atoms with Crippen LogP contribution in [0.2, 0.25) is 0 Å². The van der Waals surface area contributed by atoms with E-state index in [1.165, 1.54) is 12.1 Å². The summed E-state index contributed by atoms with van der Waals surface area (Å²) in [4.78, 5) is 4.40. The number of aromatic nitrogens is 3. The molecule has 82 valence electrons. The summed E-state index contributed by atoms with van der Waals surface area (Å²) in [6.45, 7) is 1.89. The highest BCUT2D eigenvalue weighted by molar-refractivity contribution is 5.54. The number of aromatic amines is 1. The van der Waals surface area contributed by atoms with Gasteiger partial charge in [-0.3, -0.25) is 5.10 Å². The summed E-state index contributed by atoms with van der Waals surface area (Å²) in [5.41, 5.74) is 0.830. The third kappa shape index (κ3) is 1.59. The quantitative estimate of drug-likeness (QED) is 0.798. The van der Waals surface area contributed by atoms with Crippen LogP contribution in [0, 0.1) is 5.82 Å². The predicted octanol–water partition coefficient (Wildman–Crippen LogP) is 1.30. The number of halogens is 1. The highest BCUT2D eigenvalue weighted by Gasteiger charge is 2.22.